The molecule has 0 radical (unpaired) electrons. The van der Waals surface area contributed by atoms with Crippen LogP contribution in [0.4, 0.5) is 0 Å². The summed E-state index contributed by atoms with van der Waals surface area (Å²) in [5.74, 6) is 0.674. The van der Waals surface area contributed by atoms with Crippen molar-refractivity contribution in [3.63, 3.8) is 0 Å². The molecule has 0 saturated heterocycles. The Balaban J connectivity index is 1.33. The highest BCUT2D eigenvalue weighted by atomic mass is 32.2. The molecule has 7 heteroatoms. The molecule has 1 aromatic heterocycles. The van der Waals surface area contributed by atoms with Crippen molar-refractivity contribution >= 4 is 34.7 Å². The van der Waals surface area contributed by atoms with Crippen molar-refractivity contribution in [1.29, 1.82) is 0 Å². The first kappa shape index (κ1) is 23.5. The fourth-order valence-electron chi connectivity index (χ4n) is 3.88. The van der Waals surface area contributed by atoms with Gasteiger partial charge >= 0.3 is 0 Å². The molecule has 4 aromatic carbocycles. The Morgan fingerprint density at radius 3 is 2.36 bits per heavy atom. The van der Waals surface area contributed by atoms with E-state index in [4.69, 9.17) is 0 Å². The summed E-state index contributed by atoms with van der Waals surface area (Å²) in [6.45, 7) is 4.10. The van der Waals surface area contributed by atoms with Crippen LogP contribution in [0.5, 0.6) is 0 Å². The number of carbonyl (C=O) groups excluding carboxylic acids is 1. The van der Waals surface area contributed by atoms with Crippen LogP contribution in [0.3, 0.4) is 0 Å². The number of thioether (sulfide) groups is 1. The van der Waals surface area contributed by atoms with Crippen LogP contribution in [-0.4, -0.2) is 32.6 Å². The van der Waals surface area contributed by atoms with Crippen molar-refractivity contribution in [1.82, 2.24) is 20.2 Å². The Labute approximate surface area is 214 Å². The van der Waals surface area contributed by atoms with Gasteiger partial charge < -0.3 is 0 Å². The normalized spacial score (nSPS) is 11.3. The summed E-state index contributed by atoms with van der Waals surface area (Å²) in [5.41, 5.74) is 7.83. The van der Waals surface area contributed by atoms with Crippen molar-refractivity contribution in [3.8, 4) is 17.1 Å². The van der Waals surface area contributed by atoms with E-state index in [1.54, 1.807) is 6.21 Å². The SMILES string of the molecule is Cc1ccc(-c2nnc(SCC(=O)N/N=C\c3cccc4ccccc34)n2-c2ccc(C)cc2)cc1. The Kier molecular flexibility index (Phi) is 6.91. The van der Waals surface area contributed by atoms with Crippen LogP contribution in [0, 0.1) is 13.8 Å². The first-order valence-electron chi connectivity index (χ1n) is 11.6. The van der Waals surface area contributed by atoms with E-state index in [1.165, 1.54) is 22.9 Å². The van der Waals surface area contributed by atoms with Gasteiger partial charge in [0.2, 0.25) is 0 Å². The van der Waals surface area contributed by atoms with Gasteiger partial charge in [-0.1, -0.05) is 102 Å². The number of nitrogens with zero attached hydrogens (tertiary/aromatic N) is 4. The van der Waals surface area contributed by atoms with Gasteiger partial charge in [-0.05, 0) is 36.8 Å². The quantitative estimate of drug-likeness (QED) is 0.174. The predicted octanol–water partition coefficient (Wildman–Crippen LogP) is 5.95. The largest absolute Gasteiger partial charge is 0.272 e. The molecule has 1 N–H and O–H groups in total. The second kappa shape index (κ2) is 10.6. The lowest BCUT2D eigenvalue weighted by Gasteiger charge is -2.11. The number of hydrogen-bond acceptors (Lipinski definition) is 5. The maximum atomic E-state index is 12.6. The van der Waals surface area contributed by atoms with E-state index in [1.807, 2.05) is 59.2 Å². The van der Waals surface area contributed by atoms with E-state index in [2.05, 4.69) is 71.0 Å². The van der Waals surface area contributed by atoms with Gasteiger partial charge in [0.1, 0.15) is 0 Å². The summed E-state index contributed by atoms with van der Waals surface area (Å²) in [4.78, 5) is 12.6. The molecule has 1 amide bonds. The number of aromatic nitrogens is 3. The number of benzene rings is 4. The average molecular weight is 492 g/mol. The van der Waals surface area contributed by atoms with Gasteiger partial charge in [0.05, 0.1) is 12.0 Å². The summed E-state index contributed by atoms with van der Waals surface area (Å²) in [6.07, 6.45) is 1.68. The molecule has 0 bridgehead atoms. The number of nitrogens with one attached hydrogen (secondary N) is 1. The first-order valence-corrected chi connectivity index (χ1v) is 12.6. The molecule has 0 atom stereocenters. The Morgan fingerprint density at radius 1 is 0.889 bits per heavy atom. The minimum Gasteiger partial charge on any atom is -0.272 e. The topological polar surface area (TPSA) is 72.2 Å². The highest BCUT2D eigenvalue weighted by Gasteiger charge is 2.17. The van der Waals surface area contributed by atoms with E-state index < -0.39 is 0 Å². The predicted molar refractivity (Wildman–Crippen MR) is 147 cm³/mol. The fourth-order valence-corrected chi connectivity index (χ4v) is 4.62. The van der Waals surface area contributed by atoms with Gasteiger partial charge in [0, 0.05) is 16.8 Å². The Hall–Kier alpha value is -4.23. The molecule has 5 rings (SSSR count). The summed E-state index contributed by atoms with van der Waals surface area (Å²) < 4.78 is 1.99. The molecule has 1 heterocycles. The molecule has 0 spiro atoms. The first-order chi connectivity index (χ1) is 17.6. The number of fused-ring (bicyclic) bond motifs is 1. The van der Waals surface area contributed by atoms with E-state index in [-0.39, 0.29) is 11.7 Å². The third kappa shape index (κ3) is 5.21. The zero-order valence-electron chi connectivity index (χ0n) is 20.1. The van der Waals surface area contributed by atoms with Gasteiger partial charge in [-0.3, -0.25) is 9.36 Å². The van der Waals surface area contributed by atoms with E-state index in [0.717, 1.165) is 33.4 Å². The van der Waals surface area contributed by atoms with Gasteiger partial charge in [-0.25, -0.2) is 5.43 Å². The van der Waals surface area contributed by atoms with Crippen LogP contribution in [0.2, 0.25) is 0 Å². The third-order valence-corrected chi connectivity index (χ3v) is 6.71. The Bertz CT molecular complexity index is 1530. The van der Waals surface area contributed by atoms with Crippen molar-refractivity contribution in [2.24, 2.45) is 5.10 Å². The smallest absolute Gasteiger partial charge is 0.250 e. The van der Waals surface area contributed by atoms with Crippen LogP contribution >= 0.6 is 11.8 Å². The van der Waals surface area contributed by atoms with Crippen molar-refractivity contribution < 1.29 is 4.79 Å². The molecular formula is C29H25N5OS. The number of aryl methyl sites for hydroxylation is 2. The van der Waals surface area contributed by atoms with Crippen LogP contribution in [0.15, 0.2) is 101 Å². The van der Waals surface area contributed by atoms with Crippen LogP contribution in [-0.2, 0) is 4.79 Å². The highest BCUT2D eigenvalue weighted by molar-refractivity contribution is 7.99. The third-order valence-electron chi connectivity index (χ3n) is 5.78. The summed E-state index contributed by atoms with van der Waals surface area (Å²) in [5, 5.41) is 15.9. The maximum Gasteiger partial charge on any atom is 0.250 e. The van der Waals surface area contributed by atoms with Crippen LogP contribution < -0.4 is 5.43 Å². The van der Waals surface area contributed by atoms with Gasteiger partial charge in [-0.15, -0.1) is 10.2 Å². The maximum absolute atomic E-state index is 12.6. The van der Waals surface area contributed by atoms with Gasteiger partial charge in [-0.2, -0.15) is 5.10 Å². The minimum absolute atomic E-state index is 0.158. The van der Waals surface area contributed by atoms with Crippen molar-refractivity contribution in [2.75, 3.05) is 5.75 Å². The lowest BCUT2D eigenvalue weighted by Crippen LogP contribution is -2.20. The van der Waals surface area contributed by atoms with Gasteiger partial charge in [0.25, 0.3) is 5.91 Å². The molecular weight excluding hydrogens is 466 g/mol. The molecule has 178 valence electrons. The number of hydrazone groups is 1. The summed E-state index contributed by atoms with van der Waals surface area (Å²) >= 11 is 1.33. The fraction of sp³-hybridized carbons (Fsp3) is 0.103. The zero-order chi connectivity index (χ0) is 24.9. The summed E-state index contributed by atoms with van der Waals surface area (Å²) in [6, 6.07) is 30.4. The second-order valence-electron chi connectivity index (χ2n) is 8.49. The lowest BCUT2D eigenvalue weighted by molar-refractivity contribution is -0.118. The number of hydrogen-bond donors (Lipinski definition) is 1. The Morgan fingerprint density at radius 2 is 1.58 bits per heavy atom. The standard InChI is InChI=1S/C29H25N5OS/c1-20-10-14-23(15-11-20)28-32-33-29(34(28)25-16-12-21(2)13-17-25)36-19-27(35)31-30-18-24-8-5-7-22-6-3-4-9-26(22)24/h3-18H,19H2,1-2H3,(H,31,35)/b30-18-. The minimum atomic E-state index is -0.216. The van der Waals surface area contributed by atoms with Crippen LogP contribution in [0.25, 0.3) is 27.8 Å². The average Bonchev–Trinajstić information content (AvgIpc) is 3.32. The molecule has 0 aliphatic carbocycles. The zero-order valence-corrected chi connectivity index (χ0v) is 20.9. The summed E-state index contributed by atoms with van der Waals surface area (Å²) in [7, 11) is 0. The molecule has 0 unspecified atom stereocenters. The van der Waals surface area contributed by atoms with Crippen molar-refractivity contribution in [3.05, 3.63) is 108 Å². The monoisotopic (exact) mass is 491 g/mol. The number of rotatable bonds is 7. The molecule has 36 heavy (non-hydrogen) atoms. The number of amides is 1. The van der Waals surface area contributed by atoms with Crippen LogP contribution in [0.1, 0.15) is 16.7 Å². The molecule has 5 aromatic rings. The number of carbonyl (C=O) groups is 1. The van der Waals surface area contributed by atoms with E-state index >= 15 is 0 Å². The molecule has 0 fully saturated rings. The van der Waals surface area contributed by atoms with Crippen molar-refractivity contribution in [2.45, 2.75) is 19.0 Å². The lowest BCUT2D eigenvalue weighted by atomic mass is 10.1. The highest BCUT2D eigenvalue weighted by Crippen LogP contribution is 2.28. The van der Waals surface area contributed by atoms with E-state index in [0.29, 0.717) is 5.16 Å². The molecule has 0 aliphatic rings. The molecule has 6 nitrogen and oxygen atoms in total. The molecule has 0 saturated carbocycles. The van der Waals surface area contributed by atoms with E-state index in [9.17, 15) is 4.79 Å². The molecule has 0 aliphatic heterocycles. The van der Waals surface area contributed by atoms with Gasteiger partial charge in [0.15, 0.2) is 11.0 Å². The second-order valence-corrected chi connectivity index (χ2v) is 9.44.